The second-order valence-corrected chi connectivity index (χ2v) is 3.52. The summed E-state index contributed by atoms with van der Waals surface area (Å²) < 4.78 is 0. The van der Waals surface area contributed by atoms with Gasteiger partial charge in [-0.05, 0) is 37.0 Å². The first-order valence-electron chi connectivity index (χ1n) is 4.62. The zero-order valence-electron chi connectivity index (χ0n) is 8.46. The SMILES string of the molecule is CC[C@H](N)c1cc(C)c(O)c(C)c1. The molecule has 13 heavy (non-hydrogen) atoms. The summed E-state index contributed by atoms with van der Waals surface area (Å²) >= 11 is 0. The number of benzene rings is 1. The van der Waals surface area contributed by atoms with Crippen molar-refractivity contribution in [2.75, 3.05) is 0 Å². The molecule has 1 rings (SSSR count). The lowest BCUT2D eigenvalue weighted by Gasteiger charge is -2.12. The third-order valence-corrected chi connectivity index (χ3v) is 2.38. The Bertz CT molecular complexity index is 284. The third kappa shape index (κ3) is 2.01. The van der Waals surface area contributed by atoms with Crippen molar-refractivity contribution in [3.63, 3.8) is 0 Å². The van der Waals surface area contributed by atoms with E-state index in [2.05, 4.69) is 6.92 Å². The molecule has 0 unspecified atom stereocenters. The molecular weight excluding hydrogens is 162 g/mol. The second kappa shape index (κ2) is 3.79. The second-order valence-electron chi connectivity index (χ2n) is 3.52. The van der Waals surface area contributed by atoms with Crippen LogP contribution in [0.5, 0.6) is 5.75 Å². The molecular formula is C11H17NO. The van der Waals surface area contributed by atoms with Gasteiger partial charge in [-0.3, -0.25) is 0 Å². The summed E-state index contributed by atoms with van der Waals surface area (Å²) in [4.78, 5) is 0. The van der Waals surface area contributed by atoms with Gasteiger partial charge in [-0.2, -0.15) is 0 Å². The molecule has 0 aromatic heterocycles. The van der Waals surface area contributed by atoms with Gasteiger partial charge in [0.25, 0.3) is 0 Å². The fourth-order valence-corrected chi connectivity index (χ4v) is 1.44. The van der Waals surface area contributed by atoms with E-state index in [1.165, 1.54) is 0 Å². The summed E-state index contributed by atoms with van der Waals surface area (Å²) in [5.74, 6) is 0.382. The van der Waals surface area contributed by atoms with Crippen molar-refractivity contribution in [3.05, 3.63) is 28.8 Å². The fraction of sp³-hybridized carbons (Fsp3) is 0.455. The Hall–Kier alpha value is -1.02. The number of phenols is 1. The van der Waals surface area contributed by atoms with Gasteiger partial charge in [0.1, 0.15) is 5.75 Å². The topological polar surface area (TPSA) is 46.2 Å². The van der Waals surface area contributed by atoms with E-state index in [1.807, 2.05) is 26.0 Å². The average molecular weight is 179 g/mol. The minimum Gasteiger partial charge on any atom is -0.507 e. The van der Waals surface area contributed by atoms with E-state index in [4.69, 9.17) is 5.73 Å². The molecule has 1 atom stereocenters. The summed E-state index contributed by atoms with van der Waals surface area (Å²) in [5, 5.41) is 9.54. The summed E-state index contributed by atoms with van der Waals surface area (Å²) in [6.45, 7) is 5.85. The van der Waals surface area contributed by atoms with Gasteiger partial charge in [0.15, 0.2) is 0 Å². The number of hydrogen-bond acceptors (Lipinski definition) is 2. The van der Waals surface area contributed by atoms with Crippen molar-refractivity contribution in [1.82, 2.24) is 0 Å². The van der Waals surface area contributed by atoms with Crippen LogP contribution in [0.4, 0.5) is 0 Å². The van der Waals surface area contributed by atoms with E-state index in [0.29, 0.717) is 5.75 Å². The normalized spacial score (nSPS) is 12.9. The molecule has 1 aromatic rings. The first-order chi connectivity index (χ1) is 6.06. The zero-order chi connectivity index (χ0) is 10.0. The van der Waals surface area contributed by atoms with Crippen LogP contribution in [0.3, 0.4) is 0 Å². The maximum atomic E-state index is 9.54. The fourth-order valence-electron chi connectivity index (χ4n) is 1.44. The molecule has 2 heteroatoms. The molecule has 0 bridgehead atoms. The van der Waals surface area contributed by atoms with Gasteiger partial charge in [-0.1, -0.05) is 19.1 Å². The van der Waals surface area contributed by atoms with Crippen molar-refractivity contribution in [2.45, 2.75) is 33.2 Å². The van der Waals surface area contributed by atoms with Crippen molar-refractivity contribution in [1.29, 1.82) is 0 Å². The van der Waals surface area contributed by atoms with Crippen molar-refractivity contribution < 1.29 is 5.11 Å². The Morgan fingerprint density at radius 1 is 1.31 bits per heavy atom. The Morgan fingerprint density at radius 3 is 2.15 bits per heavy atom. The molecule has 0 aliphatic rings. The van der Waals surface area contributed by atoms with Crippen LogP contribution in [-0.2, 0) is 0 Å². The van der Waals surface area contributed by atoms with Crippen LogP contribution in [0.25, 0.3) is 0 Å². The van der Waals surface area contributed by atoms with E-state index in [1.54, 1.807) is 0 Å². The lowest BCUT2D eigenvalue weighted by molar-refractivity contribution is 0.466. The van der Waals surface area contributed by atoms with Crippen LogP contribution in [0.1, 0.15) is 36.1 Å². The number of phenolic OH excluding ortho intramolecular Hbond substituents is 1. The molecule has 3 N–H and O–H groups in total. The number of aryl methyl sites for hydroxylation is 2. The van der Waals surface area contributed by atoms with Crippen LogP contribution in [-0.4, -0.2) is 5.11 Å². The molecule has 0 spiro atoms. The minimum atomic E-state index is 0.0815. The summed E-state index contributed by atoms with van der Waals surface area (Å²) in [6, 6.07) is 3.99. The Balaban J connectivity index is 3.13. The number of aromatic hydroxyl groups is 1. The first kappa shape index (κ1) is 10.1. The number of rotatable bonds is 2. The van der Waals surface area contributed by atoms with Gasteiger partial charge < -0.3 is 10.8 Å². The predicted molar refractivity (Wildman–Crippen MR) is 54.8 cm³/mol. The van der Waals surface area contributed by atoms with E-state index in [9.17, 15) is 5.11 Å². The molecule has 0 heterocycles. The molecule has 2 nitrogen and oxygen atoms in total. The third-order valence-electron chi connectivity index (χ3n) is 2.38. The largest absolute Gasteiger partial charge is 0.507 e. The Kier molecular flexibility index (Phi) is 2.94. The van der Waals surface area contributed by atoms with E-state index >= 15 is 0 Å². The van der Waals surface area contributed by atoms with Crippen LogP contribution in [0.2, 0.25) is 0 Å². The molecule has 0 aliphatic heterocycles. The van der Waals surface area contributed by atoms with E-state index in [0.717, 1.165) is 23.1 Å². The molecule has 1 aromatic carbocycles. The van der Waals surface area contributed by atoms with Crippen LogP contribution >= 0.6 is 0 Å². The summed E-state index contributed by atoms with van der Waals surface area (Å²) in [6.07, 6.45) is 0.920. The van der Waals surface area contributed by atoms with Gasteiger partial charge >= 0.3 is 0 Å². The van der Waals surface area contributed by atoms with Crippen LogP contribution in [0.15, 0.2) is 12.1 Å². The van der Waals surface area contributed by atoms with E-state index < -0.39 is 0 Å². The zero-order valence-corrected chi connectivity index (χ0v) is 8.46. The molecule has 0 saturated heterocycles. The van der Waals surface area contributed by atoms with E-state index in [-0.39, 0.29) is 6.04 Å². The highest BCUT2D eigenvalue weighted by Gasteiger charge is 2.07. The van der Waals surface area contributed by atoms with Gasteiger partial charge in [0, 0.05) is 6.04 Å². The Labute approximate surface area is 79.4 Å². The summed E-state index contributed by atoms with van der Waals surface area (Å²) in [7, 11) is 0. The number of nitrogens with two attached hydrogens (primary N) is 1. The Morgan fingerprint density at radius 2 is 1.77 bits per heavy atom. The van der Waals surface area contributed by atoms with Gasteiger partial charge in [-0.15, -0.1) is 0 Å². The van der Waals surface area contributed by atoms with Crippen molar-refractivity contribution in [2.24, 2.45) is 5.73 Å². The average Bonchev–Trinajstić information content (AvgIpc) is 2.12. The maximum absolute atomic E-state index is 9.54. The van der Waals surface area contributed by atoms with Crippen LogP contribution < -0.4 is 5.73 Å². The molecule has 0 radical (unpaired) electrons. The maximum Gasteiger partial charge on any atom is 0.121 e. The molecule has 72 valence electrons. The van der Waals surface area contributed by atoms with Crippen LogP contribution in [0, 0.1) is 13.8 Å². The standard InChI is InChI=1S/C11H17NO/c1-4-10(12)9-5-7(2)11(13)8(3)6-9/h5-6,10,13H,4,12H2,1-3H3/t10-/m0/s1. The van der Waals surface area contributed by atoms with Gasteiger partial charge in [0.05, 0.1) is 0 Å². The smallest absolute Gasteiger partial charge is 0.121 e. The molecule has 0 saturated carbocycles. The quantitative estimate of drug-likeness (QED) is 0.732. The highest BCUT2D eigenvalue weighted by Crippen LogP contribution is 2.26. The highest BCUT2D eigenvalue weighted by molar-refractivity contribution is 5.42. The number of hydrogen-bond donors (Lipinski definition) is 2. The molecule has 0 amide bonds. The van der Waals surface area contributed by atoms with Gasteiger partial charge in [0.2, 0.25) is 0 Å². The first-order valence-corrected chi connectivity index (χ1v) is 4.62. The monoisotopic (exact) mass is 179 g/mol. The van der Waals surface area contributed by atoms with Crippen molar-refractivity contribution >= 4 is 0 Å². The lowest BCUT2D eigenvalue weighted by Crippen LogP contribution is -2.09. The van der Waals surface area contributed by atoms with Crippen molar-refractivity contribution in [3.8, 4) is 5.75 Å². The lowest BCUT2D eigenvalue weighted by atomic mass is 9.99. The minimum absolute atomic E-state index is 0.0815. The summed E-state index contributed by atoms with van der Waals surface area (Å²) in [5.41, 5.74) is 8.81. The molecule has 0 aliphatic carbocycles. The molecule has 0 fully saturated rings. The predicted octanol–water partition coefficient (Wildman–Crippen LogP) is 2.42. The van der Waals surface area contributed by atoms with Gasteiger partial charge in [-0.25, -0.2) is 0 Å². The highest BCUT2D eigenvalue weighted by atomic mass is 16.3.